The van der Waals surface area contributed by atoms with Gasteiger partial charge in [-0.05, 0) is 6.07 Å². The van der Waals surface area contributed by atoms with Crippen LogP contribution >= 0.6 is 0 Å². The molecule has 6 nitrogen and oxygen atoms in total. The predicted octanol–water partition coefficient (Wildman–Crippen LogP) is 1.83. The minimum Gasteiger partial charge on any atom is -0.478 e. The second-order valence-corrected chi connectivity index (χ2v) is 3.37. The van der Waals surface area contributed by atoms with E-state index in [1.54, 1.807) is 12.1 Å². The minimum atomic E-state index is -1.11. The number of carboxylic acid groups (broad SMARTS) is 1. The third-order valence-corrected chi connectivity index (χ3v) is 2.35. The SMILES string of the molecule is COC(=O)c1ncoc1-c1ccccc1C(=O)O. The number of nitrogens with zero attached hydrogens (tertiary/aromatic N) is 1. The zero-order valence-electron chi connectivity index (χ0n) is 9.41. The van der Waals surface area contributed by atoms with Crippen LogP contribution < -0.4 is 0 Å². The van der Waals surface area contributed by atoms with Gasteiger partial charge in [0, 0.05) is 5.56 Å². The molecule has 2 aromatic rings. The van der Waals surface area contributed by atoms with Gasteiger partial charge in [-0.25, -0.2) is 14.6 Å². The first kappa shape index (κ1) is 11.8. The molecule has 2 rings (SSSR count). The van der Waals surface area contributed by atoms with Gasteiger partial charge >= 0.3 is 11.9 Å². The van der Waals surface area contributed by atoms with Gasteiger partial charge in [-0.1, -0.05) is 18.2 Å². The Bertz CT molecular complexity index is 602. The van der Waals surface area contributed by atoms with Crippen LogP contribution in [0.25, 0.3) is 11.3 Å². The van der Waals surface area contributed by atoms with Gasteiger partial charge in [0.2, 0.25) is 0 Å². The van der Waals surface area contributed by atoms with Crippen molar-refractivity contribution in [1.29, 1.82) is 0 Å². The molecule has 1 heterocycles. The number of carbonyl (C=O) groups is 2. The highest BCUT2D eigenvalue weighted by Gasteiger charge is 2.22. The zero-order valence-corrected chi connectivity index (χ0v) is 9.41. The smallest absolute Gasteiger partial charge is 0.360 e. The molecule has 0 aliphatic rings. The van der Waals surface area contributed by atoms with E-state index in [4.69, 9.17) is 9.52 Å². The number of benzene rings is 1. The highest BCUT2D eigenvalue weighted by molar-refractivity contribution is 6.00. The molecule has 0 saturated carbocycles. The third-order valence-electron chi connectivity index (χ3n) is 2.35. The highest BCUT2D eigenvalue weighted by Crippen LogP contribution is 2.27. The standard InChI is InChI=1S/C12H9NO5/c1-17-12(16)9-10(18-6-13-9)7-4-2-3-5-8(7)11(14)15/h2-6H,1H3,(H,14,15). The molecule has 0 saturated heterocycles. The van der Waals surface area contributed by atoms with Crippen LogP contribution in [0, 0.1) is 0 Å². The molecule has 0 bridgehead atoms. The number of carbonyl (C=O) groups excluding carboxylic acids is 1. The topological polar surface area (TPSA) is 89.6 Å². The van der Waals surface area contributed by atoms with Gasteiger partial charge in [0.05, 0.1) is 12.7 Å². The van der Waals surface area contributed by atoms with Crippen LogP contribution in [0.1, 0.15) is 20.8 Å². The summed E-state index contributed by atoms with van der Waals surface area (Å²) in [6, 6.07) is 6.18. The van der Waals surface area contributed by atoms with Crippen LogP contribution in [0.4, 0.5) is 0 Å². The maximum Gasteiger partial charge on any atom is 0.360 e. The average Bonchev–Trinajstić information content (AvgIpc) is 2.86. The summed E-state index contributed by atoms with van der Waals surface area (Å²) < 4.78 is 9.64. The average molecular weight is 247 g/mol. The largest absolute Gasteiger partial charge is 0.478 e. The lowest BCUT2D eigenvalue weighted by molar-refractivity contribution is 0.0593. The lowest BCUT2D eigenvalue weighted by Gasteiger charge is -2.03. The van der Waals surface area contributed by atoms with Gasteiger partial charge in [0.15, 0.2) is 17.8 Å². The summed E-state index contributed by atoms with van der Waals surface area (Å²) in [6.07, 6.45) is 1.07. The van der Waals surface area contributed by atoms with Crippen molar-refractivity contribution >= 4 is 11.9 Å². The van der Waals surface area contributed by atoms with Gasteiger partial charge < -0.3 is 14.3 Å². The molecule has 1 N–H and O–H groups in total. The van der Waals surface area contributed by atoms with E-state index in [0.29, 0.717) is 0 Å². The van der Waals surface area contributed by atoms with E-state index in [2.05, 4.69) is 9.72 Å². The second kappa shape index (κ2) is 4.70. The molecule has 0 aliphatic carbocycles. The Morgan fingerprint density at radius 3 is 2.72 bits per heavy atom. The molecule has 0 spiro atoms. The van der Waals surface area contributed by atoms with Crippen molar-refractivity contribution in [3.63, 3.8) is 0 Å². The molecule has 92 valence electrons. The van der Waals surface area contributed by atoms with E-state index in [0.717, 1.165) is 6.39 Å². The number of aromatic nitrogens is 1. The molecule has 0 amide bonds. The summed E-state index contributed by atoms with van der Waals surface area (Å²) in [6.45, 7) is 0. The Labute approximate surface area is 102 Å². The van der Waals surface area contributed by atoms with Crippen LogP contribution in [0.3, 0.4) is 0 Å². The first-order valence-corrected chi connectivity index (χ1v) is 4.99. The predicted molar refractivity (Wildman–Crippen MR) is 60.2 cm³/mol. The van der Waals surface area contributed by atoms with E-state index in [1.165, 1.54) is 19.2 Å². The number of methoxy groups -OCH3 is 1. The molecule has 18 heavy (non-hydrogen) atoms. The van der Waals surface area contributed by atoms with Crippen LogP contribution in [-0.4, -0.2) is 29.1 Å². The third kappa shape index (κ3) is 1.95. The Morgan fingerprint density at radius 1 is 1.33 bits per heavy atom. The number of hydrogen-bond donors (Lipinski definition) is 1. The van der Waals surface area contributed by atoms with Gasteiger partial charge in [-0.3, -0.25) is 0 Å². The van der Waals surface area contributed by atoms with E-state index in [9.17, 15) is 9.59 Å². The molecule has 0 atom stereocenters. The fraction of sp³-hybridized carbons (Fsp3) is 0.0833. The Morgan fingerprint density at radius 2 is 2.06 bits per heavy atom. The number of aromatic carboxylic acids is 1. The van der Waals surface area contributed by atoms with Crippen molar-refractivity contribution in [3.05, 3.63) is 41.9 Å². The lowest BCUT2D eigenvalue weighted by Crippen LogP contribution is -2.05. The lowest BCUT2D eigenvalue weighted by atomic mass is 10.0. The highest BCUT2D eigenvalue weighted by atomic mass is 16.5. The molecule has 6 heteroatoms. The van der Waals surface area contributed by atoms with Gasteiger partial charge in [0.1, 0.15) is 0 Å². The van der Waals surface area contributed by atoms with Crippen LogP contribution in [0.2, 0.25) is 0 Å². The molecule has 0 aliphatic heterocycles. The number of oxazole rings is 1. The Kier molecular flexibility index (Phi) is 3.09. The molecule has 0 radical (unpaired) electrons. The molecular formula is C12H9NO5. The van der Waals surface area contributed by atoms with Crippen molar-refractivity contribution in [2.24, 2.45) is 0 Å². The molecule has 0 fully saturated rings. The van der Waals surface area contributed by atoms with E-state index < -0.39 is 11.9 Å². The summed E-state index contributed by atoms with van der Waals surface area (Å²) in [4.78, 5) is 26.3. The summed E-state index contributed by atoms with van der Waals surface area (Å²) in [7, 11) is 1.21. The van der Waals surface area contributed by atoms with Crippen molar-refractivity contribution in [2.75, 3.05) is 7.11 Å². The maximum atomic E-state index is 11.5. The van der Waals surface area contributed by atoms with Gasteiger partial charge in [-0.2, -0.15) is 0 Å². The minimum absolute atomic E-state index is 0.0272. The van der Waals surface area contributed by atoms with E-state index in [-0.39, 0.29) is 22.6 Å². The summed E-state index contributed by atoms with van der Waals surface area (Å²) in [5.74, 6) is -1.71. The monoisotopic (exact) mass is 247 g/mol. The number of hydrogen-bond acceptors (Lipinski definition) is 5. The van der Waals surface area contributed by atoms with Crippen LogP contribution in [0.15, 0.2) is 35.1 Å². The zero-order chi connectivity index (χ0) is 13.1. The maximum absolute atomic E-state index is 11.5. The molecule has 0 unspecified atom stereocenters. The van der Waals surface area contributed by atoms with Crippen molar-refractivity contribution in [3.8, 4) is 11.3 Å². The number of esters is 1. The van der Waals surface area contributed by atoms with E-state index >= 15 is 0 Å². The molecule has 1 aromatic heterocycles. The second-order valence-electron chi connectivity index (χ2n) is 3.37. The van der Waals surface area contributed by atoms with Crippen molar-refractivity contribution in [2.45, 2.75) is 0 Å². The van der Waals surface area contributed by atoms with Gasteiger partial charge in [-0.15, -0.1) is 0 Å². The fourth-order valence-corrected chi connectivity index (χ4v) is 1.55. The van der Waals surface area contributed by atoms with Gasteiger partial charge in [0.25, 0.3) is 0 Å². The van der Waals surface area contributed by atoms with Crippen LogP contribution in [0.5, 0.6) is 0 Å². The first-order chi connectivity index (χ1) is 8.65. The molecule has 1 aromatic carbocycles. The molecular weight excluding hydrogens is 238 g/mol. The summed E-state index contributed by atoms with van der Waals surface area (Å²) in [5.41, 5.74) is 0.258. The van der Waals surface area contributed by atoms with Crippen molar-refractivity contribution in [1.82, 2.24) is 4.98 Å². The Balaban J connectivity index is 2.60. The quantitative estimate of drug-likeness (QED) is 0.832. The number of carboxylic acids is 1. The summed E-state index contributed by atoms with van der Waals surface area (Å²) >= 11 is 0. The Hall–Kier alpha value is -2.63. The first-order valence-electron chi connectivity index (χ1n) is 4.99. The van der Waals surface area contributed by atoms with Crippen LogP contribution in [-0.2, 0) is 4.74 Å². The fourth-order valence-electron chi connectivity index (χ4n) is 1.55. The summed E-state index contributed by atoms with van der Waals surface area (Å²) in [5, 5.41) is 9.07. The normalized spacial score (nSPS) is 10.1. The van der Waals surface area contributed by atoms with Crippen molar-refractivity contribution < 1.29 is 23.8 Å². The number of ether oxygens (including phenoxy) is 1. The van der Waals surface area contributed by atoms with E-state index in [1.807, 2.05) is 0 Å². The number of rotatable bonds is 3.